The van der Waals surface area contributed by atoms with Gasteiger partial charge in [0.25, 0.3) is 0 Å². The van der Waals surface area contributed by atoms with E-state index in [1.165, 1.54) is 5.56 Å². The van der Waals surface area contributed by atoms with Gasteiger partial charge in [-0.15, -0.1) is 12.4 Å². The monoisotopic (exact) mass is 368 g/mol. The van der Waals surface area contributed by atoms with Crippen molar-refractivity contribution in [3.05, 3.63) is 27.3 Å². The second-order valence-electron chi connectivity index (χ2n) is 4.10. The van der Waals surface area contributed by atoms with Gasteiger partial charge in [-0.3, -0.25) is 4.79 Å². The summed E-state index contributed by atoms with van der Waals surface area (Å²) in [5.41, 5.74) is 7.72. The van der Waals surface area contributed by atoms with Crippen LogP contribution >= 0.6 is 35.0 Å². The van der Waals surface area contributed by atoms with Gasteiger partial charge >= 0.3 is 0 Å². The largest absolute Gasteiger partial charge is 0.327 e. The van der Waals surface area contributed by atoms with Crippen LogP contribution in [0.5, 0.6) is 0 Å². The summed E-state index contributed by atoms with van der Waals surface area (Å²) in [5, 5.41) is 2.87. The Labute approximate surface area is 122 Å². The third kappa shape index (κ3) is 4.81. The molecule has 1 aromatic carbocycles. The molecule has 17 heavy (non-hydrogen) atoms. The molecule has 0 aliphatic rings. The van der Waals surface area contributed by atoms with E-state index in [-0.39, 0.29) is 30.3 Å². The highest BCUT2D eigenvalue weighted by Crippen LogP contribution is 2.17. The summed E-state index contributed by atoms with van der Waals surface area (Å²) < 4.78 is 1.14. The van der Waals surface area contributed by atoms with E-state index in [0.29, 0.717) is 0 Å². The van der Waals surface area contributed by atoms with Crippen LogP contribution in [0.4, 0.5) is 5.69 Å². The molecular formula is C12H18ClIN2O. The molecule has 0 heterocycles. The van der Waals surface area contributed by atoms with E-state index in [0.717, 1.165) is 9.26 Å². The van der Waals surface area contributed by atoms with Crippen molar-refractivity contribution >= 4 is 46.6 Å². The Morgan fingerprint density at radius 2 is 2.00 bits per heavy atom. The molecule has 3 N–H and O–H groups in total. The highest BCUT2D eigenvalue weighted by Gasteiger charge is 2.16. The van der Waals surface area contributed by atoms with Crippen LogP contribution in [0.2, 0.25) is 0 Å². The number of rotatable bonds is 3. The Morgan fingerprint density at radius 1 is 1.41 bits per heavy atom. The summed E-state index contributed by atoms with van der Waals surface area (Å²) in [6, 6.07) is 5.73. The molecule has 3 nitrogen and oxygen atoms in total. The number of carbonyl (C=O) groups is 1. The Kier molecular flexibility index (Phi) is 7.04. The molecule has 2 unspecified atom stereocenters. The highest BCUT2D eigenvalue weighted by atomic mass is 127. The summed E-state index contributed by atoms with van der Waals surface area (Å²) in [5.74, 6) is -0.214. The quantitative estimate of drug-likeness (QED) is 0.806. The van der Waals surface area contributed by atoms with Crippen LogP contribution in [0.15, 0.2) is 18.2 Å². The van der Waals surface area contributed by atoms with Gasteiger partial charge in [0, 0.05) is 15.3 Å². The minimum atomic E-state index is -0.182. The van der Waals surface area contributed by atoms with E-state index < -0.39 is 0 Å². The summed E-state index contributed by atoms with van der Waals surface area (Å²) >= 11 is 2.25. The zero-order valence-corrected chi connectivity index (χ0v) is 13.1. The highest BCUT2D eigenvalue weighted by molar-refractivity contribution is 14.1. The summed E-state index contributed by atoms with van der Waals surface area (Å²) in [6.45, 7) is 5.71. The van der Waals surface area contributed by atoms with Crippen LogP contribution < -0.4 is 11.1 Å². The normalized spacial score (nSPS) is 13.5. The maximum absolute atomic E-state index is 11.8. The number of hydrogen-bond donors (Lipinski definition) is 2. The van der Waals surface area contributed by atoms with Crippen molar-refractivity contribution in [3.8, 4) is 0 Å². The first-order valence-electron chi connectivity index (χ1n) is 5.24. The summed E-state index contributed by atoms with van der Waals surface area (Å²) in [6.07, 6.45) is 0. The second kappa shape index (κ2) is 7.18. The molecule has 96 valence electrons. The van der Waals surface area contributed by atoms with Crippen LogP contribution in [0, 0.1) is 16.4 Å². The number of amides is 1. The van der Waals surface area contributed by atoms with Crippen molar-refractivity contribution in [2.24, 2.45) is 11.7 Å². The zero-order valence-electron chi connectivity index (χ0n) is 10.2. The van der Waals surface area contributed by atoms with Crippen LogP contribution in [-0.4, -0.2) is 11.9 Å². The molecule has 1 rings (SSSR count). The molecule has 0 fully saturated rings. The van der Waals surface area contributed by atoms with E-state index >= 15 is 0 Å². The molecule has 1 aromatic rings. The average molecular weight is 369 g/mol. The van der Waals surface area contributed by atoms with Crippen LogP contribution in [0.3, 0.4) is 0 Å². The van der Waals surface area contributed by atoms with E-state index in [1.807, 2.05) is 39.0 Å². The molecule has 0 saturated heterocycles. The minimum Gasteiger partial charge on any atom is -0.327 e. The number of hydrogen-bond acceptors (Lipinski definition) is 2. The predicted molar refractivity (Wildman–Crippen MR) is 82.6 cm³/mol. The Hall–Kier alpha value is -0.330. The van der Waals surface area contributed by atoms with Crippen LogP contribution in [-0.2, 0) is 4.79 Å². The molecule has 0 radical (unpaired) electrons. The number of nitrogens with two attached hydrogens (primary N) is 1. The first kappa shape index (κ1) is 16.7. The van der Waals surface area contributed by atoms with Gasteiger partial charge in [-0.2, -0.15) is 0 Å². The molecule has 0 aromatic heterocycles. The fourth-order valence-electron chi connectivity index (χ4n) is 1.17. The third-order valence-corrected chi connectivity index (χ3v) is 3.80. The predicted octanol–water partition coefficient (Wildman–Crippen LogP) is 2.94. The van der Waals surface area contributed by atoms with Crippen molar-refractivity contribution in [1.29, 1.82) is 0 Å². The second-order valence-corrected chi connectivity index (χ2v) is 5.26. The lowest BCUT2D eigenvalue weighted by molar-refractivity contribution is -0.119. The standard InChI is InChI=1S/C12H17IN2O.ClH/c1-7-4-5-10(6-11(7)13)15-12(16)8(2)9(3)14;/h4-6,8-9H,14H2,1-3H3,(H,15,16);1H. The fourth-order valence-corrected chi connectivity index (χ4v) is 1.68. The van der Waals surface area contributed by atoms with E-state index in [4.69, 9.17) is 5.73 Å². The minimum absolute atomic E-state index is 0. The van der Waals surface area contributed by atoms with Gasteiger partial charge in [0.15, 0.2) is 0 Å². The number of nitrogens with one attached hydrogen (secondary N) is 1. The Bertz CT molecular complexity index is 396. The van der Waals surface area contributed by atoms with Crippen molar-refractivity contribution < 1.29 is 4.79 Å². The maximum atomic E-state index is 11.8. The van der Waals surface area contributed by atoms with Gasteiger partial charge < -0.3 is 11.1 Å². The fraction of sp³-hybridized carbons (Fsp3) is 0.417. The van der Waals surface area contributed by atoms with Gasteiger partial charge in [0.1, 0.15) is 0 Å². The Morgan fingerprint density at radius 3 is 2.47 bits per heavy atom. The number of halogens is 2. The molecule has 0 saturated carbocycles. The molecule has 2 atom stereocenters. The van der Waals surface area contributed by atoms with Gasteiger partial charge in [0.05, 0.1) is 5.92 Å². The number of aryl methyl sites for hydroxylation is 1. The van der Waals surface area contributed by atoms with Crippen molar-refractivity contribution in [2.75, 3.05) is 5.32 Å². The summed E-state index contributed by atoms with van der Waals surface area (Å²) in [4.78, 5) is 11.8. The lowest BCUT2D eigenvalue weighted by atomic mass is 10.0. The van der Waals surface area contributed by atoms with Gasteiger partial charge in [-0.05, 0) is 54.1 Å². The summed E-state index contributed by atoms with van der Waals surface area (Å²) in [7, 11) is 0. The Balaban J connectivity index is 0.00000256. The molecule has 5 heteroatoms. The lowest BCUT2D eigenvalue weighted by Gasteiger charge is -2.15. The van der Waals surface area contributed by atoms with E-state index in [1.54, 1.807) is 0 Å². The zero-order chi connectivity index (χ0) is 12.3. The molecule has 1 amide bonds. The van der Waals surface area contributed by atoms with Crippen LogP contribution in [0.25, 0.3) is 0 Å². The first-order valence-corrected chi connectivity index (χ1v) is 6.32. The van der Waals surface area contributed by atoms with Gasteiger partial charge in [-0.25, -0.2) is 0 Å². The molecular weight excluding hydrogens is 351 g/mol. The topological polar surface area (TPSA) is 55.1 Å². The van der Waals surface area contributed by atoms with Crippen LogP contribution in [0.1, 0.15) is 19.4 Å². The van der Waals surface area contributed by atoms with Gasteiger partial charge in [-0.1, -0.05) is 13.0 Å². The van der Waals surface area contributed by atoms with Crippen molar-refractivity contribution in [1.82, 2.24) is 0 Å². The molecule has 0 spiro atoms. The maximum Gasteiger partial charge on any atom is 0.228 e. The molecule has 0 aliphatic carbocycles. The SMILES string of the molecule is Cc1ccc(NC(=O)C(C)C(C)N)cc1I.Cl. The number of carbonyl (C=O) groups excluding carboxylic acids is 1. The van der Waals surface area contributed by atoms with Gasteiger partial charge in [0.2, 0.25) is 5.91 Å². The smallest absolute Gasteiger partial charge is 0.228 e. The van der Waals surface area contributed by atoms with Crippen molar-refractivity contribution in [2.45, 2.75) is 26.8 Å². The first-order chi connectivity index (χ1) is 7.41. The number of anilines is 1. The van der Waals surface area contributed by atoms with E-state index in [9.17, 15) is 4.79 Å². The van der Waals surface area contributed by atoms with Crippen molar-refractivity contribution in [3.63, 3.8) is 0 Å². The third-order valence-electron chi connectivity index (χ3n) is 2.64. The number of benzene rings is 1. The average Bonchev–Trinajstić information content (AvgIpc) is 2.22. The molecule has 0 aliphatic heterocycles. The van der Waals surface area contributed by atoms with E-state index in [2.05, 4.69) is 27.9 Å². The molecule has 0 bridgehead atoms. The lowest BCUT2D eigenvalue weighted by Crippen LogP contribution is -2.34.